The maximum Gasteiger partial charge on any atom is 0.262 e. The van der Waals surface area contributed by atoms with Crippen LogP contribution in [0.25, 0.3) is 33.4 Å². The molecule has 1 aromatic heterocycles. The first-order chi connectivity index (χ1) is 18.0. The molecule has 1 aliphatic heterocycles. The second kappa shape index (κ2) is 10.9. The summed E-state index contributed by atoms with van der Waals surface area (Å²) in [7, 11) is 0. The average molecular weight is 493 g/mol. The highest BCUT2D eigenvalue weighted by atomic mass is 16.2. The lowest BCUT2D eigenvalue weighted by Crippen LogP contribution is -2.35. The molecule has 1 fully saturated rings. The quantitative estimate of drug-likeness (QED) is 0.338. The molecule has 5 rings (SSSR count). The lowest BCUT2D eigenvalue weighted by atomic mass is 10.0. The molecule has 6 nitrogen and oxygen atoms in total. The predicted octanol–water partition coefficient (Wildman–Crippen LogP) is 5.32. The van der Waals surface area contributed by atoms with Gasteiger partial charge in [0.25, 0.3) is 5.56 Å². The van der Waals surface area contributed by atoms with Gasteiger partial charge in [-0.2, -0.15) is 0 Å². The van der Waals surface area contributed by atoms with Gasteiger partial charge in [-0.3, -0.25) is 19.1 Å². The van der Waals surface area contributed by atoms with Crippen LogP contribution >= 0.6 is 0 Å². The van der Waals surface area contributed by atoms with Gasteiger partial charge in [0.2, 0.25) is 5.91 Å². The van der Waals surface area contributed by atoms with E-state index in [-0.39, 0.29) is 12.0 Å². The number of carbonyl (C=O) groups is 1. The molecule has 0 radical (unpaired) electrons. The normalized spacial score (nSPS) is 14.9. The van der Waals surface area contributed by atoms with E-state index in [1.807, 2.05) is 48.5 Å². The second-order valence-electron chi connectivity index (χ2n) is 9.69. The van der Waals surface area contributed by atoms with E-state index in [1.165, 1.54) is 29.4 Å². The van der Waals surface area contributed by atoms with Gasteiger partial charge in [0.05, 0.1) is 10.9 Å². The Morgan fingerprint density at radius 3 is 2.41 bits per heavy atom. The van der Waals surface area contributed by atoms with Crippen LogP contribution in [-0.4, -0.2) is 33.4 Å². The van der Waals surface area contributed by atoms with Gasteiger partial charge in [-0.1, -0.05) is 67.1 Å². The molecule has 188 valence electrons. The fourth-order valence-electron chi connectivity index (χ4n) is 5.19. The smallest absolute Gasteiger partial charge is 0.262 e. The van der Waals surface area contributed by atoms with Crippen molar-refractivity contribution in [1.29, 1.82) is 0 Å². The van der Waals surface area contributed by atoms with Crippen molar-refractivity contribution in [2.75, 3.05) is 13.1 Å². The number of allylic oxidation sites excluding steroid dienone is 1. The van der Waals surface area contributed by atoms with Crippen LogP contribution in [0.4, 0.5) is 0 Å². The monoisotopic (exact) mass is 492 g/mol. The minimum Gasteiger partial charge on any atom is -0.368 e. The van der Waals surface area contributed by atoms with Crippen molar-refractivity contribution in [3.05, 3.63) is 101 Å². The number of nitrogens with zero attached hydrogens (tertiary/aromatic N) is 3. The minimum absolute atomic E-state index is 0.237. The zero-order chi connectivity index (χ0) is 25.8. The number of carbonyl (C=O) groups excluding carboxylic acids is 1. The van der Waals surface area contributed by atoms with Crippen LogP contribution in [0.2, 0.25) is 0 Å². The van der Waals surface area contributed by atoms with E-state index in [0.717, 1.165) is 36.3 Å². The first-order valence-corrected chi connectivity index (χ1v) is 12.9. The largest absolute Gasteiger partial charge is 0.368 e. The van der Waals surface area contributed by atoms with Crippen LogP contribution in [0.1, 0.15) is 37.3 Å². The Kier molecular flexibility index (Phi) is 7.28. The molecule has 0 spiro atoms. The maximum atomic E-state index is 13.9. The van der Waals surface area contributed by atoms with E-state index < -0.39 is 11.9 Å². The number of amides is 1. The van der Waals surface area contributed by atoms with Gasteiger partial charge >= 0.3 is 0 Å². The van der Waals surface area contributed by atoms with Crippen molar-refractivity contribution in [3.63, 3.8) is 0 Å². The number of hydrogen-bond acceptors (Lipinski definition) is 4. The Hall–Kier alpha value is -4.03. The number of nitrogens with two attached hydrogens (primary N) is 1. The highest BCUT2D eigenvalue weighted by Gasteiger charge is 2.24. The summed E-state index contributed by atoms with van der Waals surface area (Å²) in [6.45, 7) is 6.97. The van der Waals surface area contributed by atoms with Crippen LogP contribution in [0.5, 0.6) is 0 Å². The third kappa shape index (κ3) is 5.25. The Balaban J connectivity index is 1.61. The summed E-state index contributed by atoms with van der Waals surface area (Å²) in [5.74, 6) is -0.179. The first kappa shape index (κ1) is 24.7. The van der Waals surface area contributed by atoms with Crippen molar-refractivity contribution in [3.8, 4) is 22.5 Å². The third-order valence-corrected chi connectivity index (χ3v) is 7.08. The number of hydrogen-bond donors (Lipinski definition) is 1. The summed E-state index contributed by atoms with van der Waals surface area (Å²) in [5.41, 5.74) is 10.0. The number of primary amides is 1. The van der Waals surface area contributed by atoms with E-state index in [0.29, 0.717) is 16.7 Å². The molecule has 1 atom stereocenters. The minimum atomic E-state index is -0.881. The molecule has 1 saturated heterocycles. The predicted molar refractivity (Wildman–Crippen MR) is 149 cm³/mol. The number of fused-ring (bicyclic) bond motifs is 1. The first-order valence-electron chi connectivity index (χ1n) is 12.9. The van der Waals surface area contributed by atoms with Crippen molar-refractivity contribution < 1.29 is 4.79 Å². The number of rotatable bonds is 8. The van der Waals surface area contributed by atoms with Gasteiger partial charge in [-0.25, -0.2) is 4.98 Å². The molecule has 4 aromatic rings. The van der Waals surface area contributed by atoms with Gasteiger partial charge in [-0.05, 0) is 67.2 Å². The van der Waals surface area contributed by atoms with E-state index in [2.05, 4.69) is 35.7 Å². The Morgan fingerprint density at radius 2 is 1.68 bits per heavy atom. The lowest BCUT2D eigenvalue weighted by Gasteiger charge is -2.26. The molecule has 2 heterocycles. The number of piperidine rings is 1. The van der Waals surface area contributed by atoms with Gasteiger partial charge < -0.3 is 5.73 Å². The third-order valence-electron chi connectivity index (χ3n) is 7.08. The number of benzene rings is 3. The average Bonchev–Trinajstić information content (AvgIpc) is 2.93. The molecule has 37 heavy (non-hydrogen) atoms. The molecule has 6 heteroatoms. The summed E-state index contributed by atoms with van der Waals surface area (Å²) in [4.78, 5) is 33.7. The molecule has 3 aromatic carbocycles. The maximum absolute atomic E-state index is 13.9. The van der Waals surface area contributed by atoms with Crippen molar-refractivity contribution >= 4 is 16.8 Å². The van der Waals surface area contributed by atoms with E-state index >= 15 is 0 Å². The van der Waals surface area contributed by atoms with Crippen LogP contribution in [0, 0.1) is 0 Å². The Labute approximate surface area is 217 Å². The molecular formula is C31H32N4O2. The highest BCUT2D eigenvalue weighted by molar-refractivity contribution is 5.86. The Morgan fingerprint density at radius 1 is 0.946 bits per heavy atom. The zero-order valence-electron chi connectivity index (χ0n) is 21.0. The fraction of sp³-hybridized carbons (Fsp3) is 0.258. The molecule has 1 unspecified atom stereocenters. The summed E-state index contributed by atoms with van der Waals surface area (Å²) in [5, 5.41) is 0.453. The molecular weight excluding hydrogens is 460 g/mol. The van der Waals surface area contributed by atoms with E-state index in [9.17, 15) is 9.59 Å². The topological polar surface area (TPSA) is 81.2 Å². The highest BCUT2D eigenvalue weighted by Crippen LogP contribution is 2.28. The van der Waals surface area contributed by atoms with Crippen molar-refractivity contribution in [2.45, 2.75) is 38.3 Å². The summed E-state index contributed by atoms with van der Waals surface area (Å²) < 4.78 is 1.43. The van der Waals surface area contributed by atoms with Crippen LogP contribution < -0.4 is 11.3 Å². The lowest BCUT2D eigenvalue weighted by molar-refractivity contribution is -0.121. The van der Waals surface area contributed by atoms with Gasteiger partial charge in [0.15, 0.2) is 0 Å². The summed E-state index contributed by atoms with van der Waals surface area (Å²) in [6.07, 6.45) is 5.67. The van der Waals surface area contributed by atoms with Crippen molar-refractivity contribution in [1.82, 2.24) is 14.5 Å². The molecule has 0 bridgehead atoms. The molecule has 0 saturated carbocycles. The SMILES string of the molecule is C=CCC(C(N)=O)n1c(-c2ccccc2)nc2ccc(-c3cccc(CN4CCCCC4)c3)cc2c1=O. The summed E-state index contributed by atoms with van der Waals surface area (Å²) in [6, 6.07) is 22.8. The standard InChI is InChI=1S/C31H32N4O2/c1-2-10-28(29(32)36)35-30(23-12-5-3-6-13-23)33-27-16-15-25(20-26(27)31(35)37)24-14-9-11-22(19-24)21-34-17-7-4-8-18-34/h2-3,5-6,9,11-16,19-20,28H,1,4,7-8,10,17-18,21H2,(H2,32,36). The second-order valence-corrected chi connectivity index (χ2v) is 9.69. The molecule has 1 aliphatic rings. The number of likely N-dealkylation sites (tertiary alicyclic amines) is 1. The van der Waals surface area contributed by atoms with E-state index in [1.54, 1.807) is 6.08 Å². The summed E-state index contributed by atoms with van der Waals surface area (Å²) >= 11 is 0. The van der Waals surface area contributed by atoms with Crippen LogP contribution in [-0.2, 0) is 11.3 Å². The van der Waals surface area contributed by atoms with Crippen LogP contribution in [0.3, 0.4) is 0 Å². The van der Waals surface area contributed by atoms with Gasteiger partial charge in [-0.15, -0.1) is 6.58 Å². The van der Waals surface area contributed by atoms with Crippen LogP contribution in [0.15, 0.2) is 90.2 Å². The Bertz CT molecular complexity index is 1490. The molecule has 1 amide bonds. The molecule has 2 N–H and O–H groups in total. The van der Waals surface area contributed by atoms with Gasteiger partial charge in [0.1, 0.15) is 11.9 Å². The fourth-order valence-corrected chi connectivity index (χ4v) is 5.19. The zero-order valence-corrected chi connectivity index (χ0v) is 21.0. The van der Waals surface area contributed by atoms with Crippen molar-refractivity contribution in [2.24, 2.45) is 5.73 Å². The molecule has 0 aliphatic carbocycles. The van der Waals surface area contributed by atoms with E-state index in [4.69, 9.17) is 10.7 Å². The van der Waals surface area contributed by atoms with Gasteiger partial charge in [0, 0.05) is 12.1 Å². The number of aromatic nitrogens is 2.